The number of carbonyl (C=O) groups is 1. The SMILES string of the molecule is CN=C(NCCNC(=O)c1ccccc1Cl)NCc1ccc(OC)cc1OC.I. The Hall–Kier alpha value is -2.20. The van der Waals surface area contributed by atoms with Crippen molar-refractivity contribution in [3.63, 3.8) is 0 Å². The smallest absolute Gasteiger partial charge is 0.252 e. The van der Waals surface area contributed by atoms with Gasteiger partial charge in [-0.1, -0.05) is 23.7 Å². The molecular weight excluding hydrogens is 507 g/mol. The summed E-state index contributed by atoms with van der Waals surface area (Å²) in [5.74, 6) is 1.87. The summed E-state index contributed by atoms with van der Waals surface area (Å²) >= 11 is 6.02. The monoisotopic (exact) mass is 532 g/mol. The predicted molar refractivity (Wildman–Crippen MR) is 127 cm³/mol. The van der Waals surface area contributed by atoms with E-state index in [4.69, 9.17) is 21.1 Å². The van der Waals surface area contributed by atoms with Gasteiger partial charge in [-0.3, -0.25) is 9.79 Å². The zero-order valence-electron chi connectivity index (χ0n) is 16.6. The van der Waals surface area contributed by atoms with Crippen LogP contribution >= 0.6 is 35.6 Å². The molecule has 0 fully saturated rings. The van der Waals surface area contributed by atoms with Crippen LogP contribution in [0.3, 0.4) is 0 Å². The van der Waals surface area contributed by atoms with Crippen LogP contribution in [0.1, 0.15) is 15.9 Å². The average Bonchev–Trinajstić information content (AvgIpc) is 2.73. The van der Waals surface area contributed by atoms with Crippen molar-refractivity contribution in [1.82, 2.24) is 16.0 Å². The van der Waals surface area contributed by atoms with Gasteiger partial charge in [-0.2, -0.15) is 0 Å². The first-order chi connectivity index (χ1) is 13.6. The molecule has 0 unspecified atom stereocenters. The summed E-state index contributed by atoms with van der Waals surface area (Å²) in [5, 5.41) is 9.61. The second-order valence-corrected chi connectivity index (χ2v) is 6.17. The van der Waals surface area contributed by atoms with Gasteiger partial charge in [-0.25, -0.2) is 0 Å². The van der Waals surface area contributed by atoms with Gasteiger partial charge < -0.3 is 25.4 Å². The molecule has 0 atom stereocenters. The Morgan fingerprint density at radius 1 is 1.03 bits per heavy atom. The number of halogens is 2. The number of methoxy groups -OCH3 is 2. The molecule has 0 aliphatic rings. The third kappa shape index (κ3) is 7.62. The summed E-state index contributed by atoms with van der Waals surface area (Å²) in [5.41, 5.74) is 1.43. The standard InChI is InChI=1S/C20H25ClN4O3.HI/c1-22-20(25-13-14-8-9-15(27-2)12-18(14)28-3)24-11-10-23-19(26)16-6-4-5-7-17(16)21;/h4-9,12H,10-11,13H2,1-3H3,(H,23,26)(H2,22,24,25);1H. The minimum absolute atomic E-state index is 0. The van der Waals surface area contributed by atoms with Crippen molar-refractivity contribution in [1.29, 1.82) is 0 Å². The van der Waals surface area contributed by atoms with Crippen molar-refractivity contribution >= 4 is 47.4 Å². The fourth-order valence-corrected chi connectivity index (χ4v) is 2.72. The van der Waals surface area contributed by atoms with Gasteiger partial charge >= 0.3 is 0 Å². The van der Waals surface area contributed by atoms with Crippen molar-refractivity contribution < 1.29 is 14.3 Å². The molecule has 29 heavy (non-hydrogen) atoms. The molecule has 0 aliphatic heterocycles. The lowest BCUT2D eigenvalue weighted by Gasteiger charge is -2.15. The molecule has 3 N–H and O–H groups in total. The molecule has 2 rings (SSSR count). The largest absolute Gasteiger partial charge is 0.497 e. The Morgan fingerprint density at radius 3 is 2.41 bits per heavy atom. The molecule has 0 spiro atoms. The Labute approximate surface area is 193 Å². The maximum atomic E-state index is 12.1. The first kappa shape index (κ1) is 24.8. The minimum Gasteiger partial charge on any atom is -0.497 e. The van der Waals surface area contributed by atoms with Crippen LogP contribution in [0.2, 0.25) is 5.02 Å². The Bertz CT molecular complexity index is 833. The number of nitrogens with zero attached hydrogens (tertiary/aromatic N) is 1. The molecule has 0 aliphatic carbocycles. The van der Waals surface area contributed by atoms with Gasteiger partial charge in [-0.15, -0.1) is 24.0 Å². The number of hydrogen-bond donors (Lipinski definition) is 3. The zero-order chi connectivity index (χ0) is 20.4. The predicted octanol–water partition coefficient (Wildman–Crippen LogP) is 3.07. The van der Waals surface area contributed by atoms with Crippen LogP contribution in [0.15, 0.2) is 47.5 Å². The topological polar surface area (TPSA) is 84.0 Å². The van der Waals surface area contributed by atoms with Crippen LogP contribution in [0, 0.1) is 0 Å². The summed E-state index contributed by atoms with van der Waals surface area (Å²) in [6.07, 6.45) is 0. The van der Waals surface area contributed by atoms with Crippen LogP contribution in [0.5, 0.6) is 11.5 Å². The molecule has 7 nitrogen and oxygen atoms in total. The number of rotatable bonds is 8. The van der Waals surface area contributed by atoms with E-state index < -0.39 is 0 Å². The van der Waals surface area contributed by atoms with Crippen LogP contribution in [0.4, 0.5) is 0 Å². The number of ether oxygens (including phenoxy) is 2. The number of carbonyl (C=O) groups excluding carboxylic acids is 1. The summed E-state index contributed by atoms with van der Waals surface area (Å²) in [6.45, 7) is 1.46. The van der Waals surface area contributed by atoms with Crippen molar-refractivity contribution in [2.75, 3.05) is 34.4 Å². The molecular formula is C20H26ClIN4O3. The lowest BCUT2D eigenvalue weighted by molar-refractivity contribution is 0.0954. The van der Waals surface area contributed by atoms with E-state index in [2.05, 4.69) is 20.9 Å². The molecule has 0 bridgehead atoms. The maximum absolute atomic E-state index is 12.1. The van der Waals surface area contributed by atoms with E-state index in [0.29, 0.717) is 36.2 Å². The Morgan fingerprint density at radius 2 is 1.76 bits per heavy atom. The van der Waals surface area contributed by atoms with Gasteiger partial charge in [0.05, 0.1) is 24.8 Å². The average molecular weight is 533 g/mol. The number of guanidine groups is 1. The molecule has 158 valence electrons. The van der Waals surface area contributed by atoms with Crippen LogP contribution < -0.4 is 25.4 Å². The van der Waals surface area contributed by atoms with Gasteiger partial charge in [0.15, 0.2) is 5.96 Å². The third-order valence-corrected chi connectivity index (χ3v) is 4.32. The molecule has 9 heteroatoms. The van der Waals surface area contributed by atoms with Crippen molar-refractivity contribution in [2.24, 2.45) is 4.99 Å². The molecule has 0 saturated carbocycles. The quantitative estimate of drug-likeness (QED) is 0.211. The highest BCUT2D eigenvalue weighted by molar-refractivity contribution is 14.0. The van der Waals surface area contributed by atoms with Crippen molar-refractivity contribution in [3.8, 4) is 11.5 Å². The minimum atomic E-state index is -0.210. The van der Waals surface area contributed by atoms with E-state index in [1.54, 1.807) is 45.5 Å². The van der Waals surface area contributed by atoms with Crippen LogP contribution in [0.25, 0.3) is 0 Å². The second-order valence-electron chi connectivity index (χ2n) is 5.77. The Balaban J connectivity index is 0.00000420. The van der Waals surface area contributed by atoms with Gasteiger partial charge in [0.1, 0.15) is 11.5 Å². The fraction of sp³-hybridized carbons (Fsp3) is 0.300. The maximum Gasteiger partial charge on any atom is 0.252 e. The van der Waals surface area contributed by atoms with Crippen LogP contribution in [-0.4, -0.2) is 46.2 Å². The molecule has 0 heterocycles. The Kier molecular flexibility index (Phi) is 11.2. The number of nitrogens with one attached hydrogen (secondary N) is 3. The van der Waals surface area contributed by atoms with Crippen LogP contribution in [-0.2, 0) is 6.54 Å². The second kappa shape index (κ2) is 13.1. The first-order valence-electron chi connectivity index (χ1n) is 8.77. The zero-order valence-corrected chi connectivity index (χ0v) is 19.7. The number of amides is 1. The summed E-state index contributed by atoms with van der Waals surface area (Å²) in [7, 11) is 4.92. The van der Waals surface area contributed by atoms with E-state index in [1.165, 1.54) is 0 Å². The van der Waals surface area contributed by atoms with E-state index in [-0.39, 0.29) is 29.9 Å². The van der Waals surface area contributed by atoms with E-state index >= 15 is 0 Å². The lowest BCUT2D eigenvalue weighted by atomic mass is 10.2. The molecule has 0 radical (unpaired) electrons. The number of aliphatic imine (C=N–C) groups is 1. The van der Waals surface area contributed by atoms with E-state index in [9.17, 15) is 4.79 Å². The highest BCUT2D eigenvalue weighted by Gasteiger charge is 2.09. The van der Waals surface area contributed by atoms with Gasteiger partial charge in [0.2, 0.25) is 0 Å². The molecule has 1 amide bonds. The van der Waals surface area contributed by atoms with Gasteiger partial charge in [0.25, 0.3) is 5.91 Å². The molecule has 0 aromatic heterocycles. The summed E-state index contributed by atoms with van der Waals surface area (Å²) < 4.78 is 10.6. The number of hydrogen-bond acceptors (Lipinski definition) is 4. The molecule has 2 aromatic carbocycles. The molecule has 0 saturated heterocycles. The molecule has 2 aromatic rings. The third-order valence-electron chi connectivity index (χ3n) is 3.99. The highest BCUT2D eigenvalue weighted by Crippen LogP contribution is 2.24. The summed E-state index contributed by atoms with van der Waals surface area (Å²) in [4.78, 5) is 16.3. The first-order valence-corrected chi connectivity index (χ1v) is 9.15. The van der Waals surface area contributed by atoms with E-state index in [1.807, 2.05) is 18.2 Å². The highest BCUT2D eigenvalue weighted by atomic mass is 127. The summed E-state index contributed by atoms with van der Waals surface area (Å²) in [6, 6.07) is 12.6. The van der Waals surface area contributed by atoms with Gasteiger partial charge in [0, 0.05) is 38.3 Å². The lowest BCUT2D eigenvalue weighted by Crippen LogP contribution is -2.41. The van der Waals surface area contributed by atoms with Gasteiger partial charge in [-0.05, 0) is 24.3 Å². The van der Waals surface area contributed by atoms with Crippen molar-refractivity contribution in [2.45, 2.75) is 6.54 Å². The number of benzene rings is 2. The van der Waals surface area contributed by atoms with E-state index in [0.717, 1.165) is 17.1 Å². The normalized spacial score (nSPS) is 10.6. The fourth-order valence-electron chi connectivity index (χ4n) is 2.49. The van der Waals surface area contributed by atoms with Crippen molar-refractivity contribution in [3.05, 3.63) is 58.6 Å².